The van der Waals surface area contributed by atoms with Gasteiger partial charge in [0.1, 0.15) is 6.33 Å². The molecule has 0 radical (unpaired) electrons. The van der Waals surface area contributed by atoms with E-state index in [0.29, 0.717) is 11.3 Å². The molecule has 5 nitrogen and oxygen atoms in total. The molecule has 0 aliphatic rings. The van der Waals surface area contributed by atoms with Crippen LogP contribution >= 0.6 is 12.2 Å². The minimum atomic E-state index is 0.0440. The summed E-state index contributed by atoms with van der Waals surface area (Å²) < 4.78 is 4.45. The highest BCUT2D eigenvalue weighted by molar-refractivity contribution is 7.71. The lowest BCUT2D eigenvalue weighted by molar-refractivity contribution is 0.524. The number of nitrogens with zero attached hydrogens (tertiary/aromatic N) is 4. The number of H-pyrrole nitrogens is 1. The zero-order valence-corrected chi connectivity index (χ0v) is 11.4. The van der Waals surface area contributed by atoms with Gasteiger partial charge in [-0.15, -0.1) is 0 Å². The van der Waals surface area contributed by atoms with Crippen molar-refractivity contribution in [2.45, 2.75) is 32.7 Å². The third-order valence-electron chi connectivity index (χ3n) is 2.58. The van der Waals surface area contributed by atoms with Crippen LogP contribution in [0.2, 0.25) is 0 Å². The van der Waals surface area contributed by atoms with Gasteiger partial charge < -0.3 is 9.55 Å². The molecule has 1 N–H and O–H groups in total. The molecular formula is C11H17N5S. The summed E-state index contributed by atoms with van der Waals surface area (Å²) in [6.45, 7) is 7.09. The maximum atomic E-state index is 5.29. The Morgan fingerprint density at radius 3 is 2.65 bits per heavy atom. The highest BCUT2D eigenvalue weighted by Gasteiger charge is 2.19. The van der Waals surface area contributed by atoms with Crippen LogP contribution in [0.25, 0.3) is 0 Å². The summed E-state index contributed by atoms with van der Waals surface area (Å²) >= 11 is 5.29. The average molecular weight is 251 g/mol. The Morgan fingerprint density at radius 1 is 1.41 bits per heavy atom. The molecule has 6 heteroatoms. The molecule has 0 aliphatic heterocycles. The van der Waals surface area contributed by atoms with Crippen molar-refractivity contribution < 1.29 is 0 Å². The molecule has 0 saturated heterocycles. The van der Waals surface area contributed by atoms with Gasteiger partial charge >= 0.3 is 0 Å². The SMILES string of the molecule is Cn1cnc(Cn2c(C(C)(C)C)c[nH]c2=S)n1. The minimum Gasteiger partial charge on any atom is -0.337 e. The zero-order chi connectivity index (χ0) is 12.6. The van der Waals surface area contributed by atoms with Gasteiger partial charge in [0.25, 0.3) is 0 Å². The van der Waals surface area contributed by atoms with Gasteiger partial charge in [-0.2, -0.15) is 5.10 Å². The van der Waals surface area contributed by atoms with Crippen molar-refractivity contribution in [2.75, 3.05) is 0 Å². The fraction of sp³-hybridized carbons (Fsp3) is 0.545. The van der Waals surface area contributed by atoms with Crippen molar-refractivity contribution in [1.29, 1.82) is 0 Å². The van der Waals surface area contributed by atoms with E-state index in [9.17, 15) is 0 Å². The first-order valence-corrected chi connectivity index (χ1v) is 5.92. The monoisotopic (exact) mass is 251 g/mol. The minimum absolute atomic E-state index is 0.0440. The molecule has 0 bridgehead atoms. The van der Waals surface area contributed by atoms with Crippen molar-refractivity contribution in [2.24, 2.45) is 7.05 Å². The van der Waals surface area contributed by atoms with Gasteiger partial charge in [-0.3, -0.25) is 4.68 Å². The second-order valence-electron chi connectivity index (χ2n) is 5.15. The van der Waals surface area contributed by atoms with Crippen LogP contribution in [0.15, 0.2) is 12.5 Å². The third kappa shape index (κ3) is 2.46. The lowest BCUT2D eigenvalue weighted by atomic mass is 9.92. The lowest BCUT2D eigenvalue weighted by Gasteiger charge is -2.20. The third-order valence-corrected chi connectivity index (χ3v) is 2.92. The van der Waals surface area contributed by atoms with Crippen LogP contribution < -0.4 is 0 Å². The van der Waals surface area contributed by atoms with Crippen LogP contribution in [0.3, 0.4) is 0 Å². The first-order chi connectivity index (χ1) is 7.88. The van der Waals surface area contributed by atoms with Gasteiger partial charge in [-0.25, -0.2) is 4.98 Å². The predicted octanol–water partition coefficient (Wildman–Crippen LogP) is 2.02. The van der Waals surface area contributed by atoms with E-state index in [1.807, 2.05) is 17.8 Å². The summed E-state index contributed by atoms with van der Waals surface area (Å²) in [4.78, 5) is 7.31. The number of aromatic amines is 1. The molecule has 0 fully saturated rings. The van der Waals surface area contributed by atoms with Crippen LogP contribution in [0, 0.1) is 4.77 Å². The first-order valence-electron chi connectivity index (χ1n) is 5.51. The molecule has 0 unspecified atom stereocenters. The second-order valence-corrected chi connectivity index (χ2v) is 5.54. The highest BCUT2D eigenvalue weighted by atomic mass is 32.1. The second kappa shape index (κ2) is 4.10. The van der Waals surface area contributed by atoms with Gasteiger partial charge in [0.05, 0.1) is 6.54 Å². The van der Waals surface area contributed by atoms with E-state index in [0.717, 1.165) is 11.5 Å². The standard InChI is InChI=1S/C11H17N5S/c1-11(2,3)8-5-12-10(17)16(8)6-9-13-7-15(4)14-9/h5,7H,6H2,1-4H3,(H,12,17). The Labute approximate surface area is 106 Å². The molecule has 0 atom stereocenters. The van der Waals surface area contributed by atoms with E-state index in [-0.39, 0.29) is 5.41 Å². The summed E-state index contributed by atoms with van der Waals surface area (Å²) in [5.74, 6) is 0.772. The molecule has 2 aromatic heterocycles. The van der Waals surface area contributed by atoms with Crippen LogP contribution in [-0.2, 0) is 19.0 Å². The smallest absolute Gasteiger partial charge is 0.177 e. The predicted molar refractivity (Wildman–Crippen MR) is 68.4 cm³/mol. The molecule has 2 aromatic rings. The molecule has 2 heterocycles. The van der Waals surface area contributed by atoms with Crippen molar-refractivity contribution in [3.05, 3.63) is 28.8 Å². The molecule has 0 amide bonds. The Bertz CT molecular complexity index is 569. The molecule has 92 valence electrons. The highest BCUT2D eigenvalue weighted by Crippen LogP contribution is 2.22. The number of aryl methyl sites for hydroxylation is 1. The summed E-state index contributed by atoms with van der Waals surface area (Å²) in [7, 11) is 1.86. The van der Waals surface area contributed by atoms with Crippen molar-refractivity contribution >= 4 is 12.2 Å². The van der Waals surface area contributed by atoms with E-state index in [1.165, 1.54) is 0 Å². The van der Waals surface area contributed by atoms with Gasteiger partial charge in [0, 0.05) is 24.4 Å². The fourth-order valence-corrected chi connectivity index (χ4v) is 1.99. The van der Waals surface area contributed by atoms with Crippen LogP contribution in [-0.4, -0.2) is 24.3 Å². The summed E-state index contributed by atoms with van der Waals surface area (Å²) in [6.07, 6.45) is 3.66. The molecule has 2 rings (SSSR count). The number of hydrogen-bond acceptors (Lipinski definition) is 3. The topological polar surface area (TPSA) is 51.4 Å². The van der Waals surface area contributed by atoms with Gasteiger partial charge in [-0.05, 0) is 12.2 Å². The largest absolute Gasteiger partial charge is 0.337 e. The van der Waals surface area contributed by atoms with Crippen LogP contribution in [0.1, 0.15) is 32.3 Å². The van der Waals surface area contributed by atoms with E-state index >= 15 is 0 Å². The van der Waals surface area contributed by atoms with Gasteiger partial charge in [0.2, 0.25) is 0 Å². The van der Waals surface area contributed by atoms with E-state index in [2.05, 4.69) is 35.8 Å². The zero-order valence-electron chi connectivity index (χ0n) is 10.6. The van der Waals surface area contributed by atoms with Crippen LogP contribution in [0.5, 0.6) is 0 Å². The summed E-state index contributed by atoms with van der Waals surface area (Å²) in [5, 5.41) is 4.27. The number of imidazole rings is 1. The van der Waals surface area contributed by atoms with E-state index in [1.54, 1.807) is 11.0 Å². The number of hydrogen-bond donors (Lipinski definition) is 1. The Balaban J connectivity index is 2.39. The number of rotatable bonds is 2. The van der Waals surface area contributed by atoms with Gasteiger partial charge in [0.15, 0.2) is 10.6 Å². The van der Waals surface area contributed by atoms with Gasteiger partial charge in [-0.1, -0.05) is 20.8 Å². The summed E-state index contributed by atoms with van der Waals surface area (Å²) in [6, 6.07) is 0. The Hall–Kier alpha value is -1.43. The molecular weight excluding hydrogens is 234 g/mol. The summed E-state index contributed by atoms with van der Waals surface area (Å²) in [5.41, 5.74) is 1.21. The number of nitrogens with one attached hydrogen (secondary N) is 1. The molecule has 0 aliphatic carbocycles. The van der Waals surface area contributed by atoms with E-state index in [4.69, 9.17) is 12.2 Å². The average Bonchev–Trinajstić information content (AvgIpc) is 2.74. The molecule has 0 saturated carbocycles. The molecule has 17 heavy (non-hydrogen) atoms. The lowest BCUT2D eigenvalue weighted by Crippen LogP contribution is -2.18. The van der Waals surface area contributed by atoms with Crippen molar-refractivity contribution in [3.8, 4) is 0 Å². The number of aromatic nitrogens is 5. The Morgan fingerprint density at radius 2 is 2.12 bits per heavy atom. The maximum Gasteiger partial charge on any atom is 0.177 e. The molecule has 0 aromatic carbocycles. The quantitative estimate of drug-likeness (QED) is 0.831. The normalized spacial score (nSPS) is 12.0. The van der Waals surface area contributed by atoms with Crippen molar-refractivity contribution in [1.82, 2.24) is 24.3 Å². The maximum absolute atomic E-state index is 5.29. The Kier molecular flexibility index (Phi) is 2.91. The fourth-order valence-electron chi connectivity index (χ4n) is 1.77. The first kappa shape index (κ1) is 12.0. The van der Waals surface area contributed by atoms with Crippen molar-refractivity contribution in [3.63, 3.8) is 0 Å². The van der Waals surface area contributed by atoms with E-state index < -0.39 is 0 Å². The molecule has 0 spiro atoms. The van der Waals surface area contributed by atoms with Crippen LogP contribution in [0.4, 0.5) is 0 Å².